The third-order valence-electron chi connectivity index (χ3n) is 2.04. The summed E-state index contributed by atoms with van der Waals surface area (Å²) in [6.45, 7) is 0. The fourth-order valence-electron chi connectivity index (χ4n) is 1.28. The summed E-state index contributed by atoms with van der Waals surface area (Å²) in [5, 5.41) is 3.28. The SMILES string of the molecule is Fc1cc(Br)ccc1-n1ccc(C(F)(F)F)n1. The first-order valence-electron chi connectivity index (χ1n) is 4.46. The summed E-state index contributed by atoms with van der Waals surface area (Å²) in [5.41, 5.74) is -1.09. The lowest BCUT2D eigenvalue weighted by Gasteiger charge is -2.04. The van der Waals surface area contributed by atoms with Crippen molar-refractivity contribution in [2.45, 2.75) is 6.18 Å². The molecule has 17 heavy (non-hydrogen) atoms. The van der Waals surface area contributed by atoms with Gasteiger partial charge in [-0.3, -0.25) is 0 Å². The predicted molar refractivity (Wildman–Crippen MR) is 56.2 cm³/mol. The van der Waals surface area contributed by atoms with Gasteiger partial charge in [-0.2, -0.15) is 18.3 Å². The highest BCUT2D eigenvalue weighted by atomic mass is 79.9. The Morgan fingerprint density at radius 2 is 1.88 bits per heavy atom. The van der Waals surface area contributed by atoms with E-state index in [2.05, 4.69) is 21.0 Å². The number of aromatic nitrogens is 2. The Morgan fingerprint density at radius 3 is 2.41 bits per heavy atom. The van der Waals surface area contributed by atoms with Crippen LogP contribution in [0.1, 0.15) is 5.69 Å². The molecule has 0 aliphatic rings. The van der Waals surface area contributed by atoms with Crippen molar-refractivity contribution in [3.8, 4) is 5.69 Å². The van der Waals surface area contributed by atoms with Crippen molar-refractivity contribution in [2.24, 2.45) is 0 Å². The average molecular weight is 309 g/mol. The summed E-state index contributed by atoms with van der Waals surface area (Å²) < 4.78 is 51.7. The Bertz CT molecular complexity index is 547. The van der Waals surface area contributed by atoms with Gasteiger partial charge >= 0.3 is 6.18 Å². The maximum atomic E-state index is 13.5. The number of rotatable bonds is 1. The molecule has 2 aromatic rings. The van der Waals surface area contributed by atoms with Gasteiger partial charge in [0.25, 0.3) is 0 Å². The van der Waals surface area contributed by atoms with Crippen LogP contribution in [0, 0.1) is 5.82 Å². The van der Waals surface area contributed by atoms with E-state index >= 15 is 0 Å². The second kappa shape index (κ2) is 4.14. The van der Waals surface area contributed by atoms with Crippen LogP contribution >= 0.6 is 15.9 Å². The maximum Gasteiger partial charge on any atom is 0.435 e. The summed E-state index contributed by atoms with van der Waals surface area (Å²) in [5.74, 6) is -0.656. The lowest BCUT2D eigenvalue weighted by atomic mass is 10.3. The smallest absolute Gasteiger partial charge is 0.237 e. The van der Waals surface area contributed by atoms with Gasteiger partial charge in [-0.05, 0) is 24.3 Å². The van der Waals surface area contributed by atoms with Crippen LogP contribution in [0.5, 0.6) is 0 Å². The second-order valence-corrected chi connectivity index (χ2v) is 4.15. The van der Waals surface area contributed by atoms with E-state index < -0.39 is 17.7 Å². The molecule has 0 saturated heterocycles. The first-order valence-corrected chi connectivity index (χ1v) is 5.25. The summed E-state index contributed by atoms with van der Waals surface area (Å²) in [6.07, 6.45) is -3.47. The van der Waals surface area contributed by atoms with Gasteiger partial charge < -0.3 is 0 Å². The molecule has 0 radical (unpaired) electrons. The number of hydrogen-bond donors (Lipinski definition) is 0. The first-order chi connectivity index (χ1) is 7.88. The summed E-state index contributed by atoms with van der Waals surface area (Å²) in [6, 6.07) is 4.81. The van der Waals surface area contributed by atoms with Crippen LogP contribution in [0.3, 0.4) is 0 Å². The Balaban J connectivity index is 2.44. The van der Waals surface area contributed by atoms with Gasteiger partial charge in [0.15, 0.2) is 5.69 Å². The summed E-state index contributed by atoms with van der Waals surface area (Å²) >= 11 is 3.06. The van der Waals surface area contributed by atoms with Crippen molar-refractivity contribution < 1.29 is 17.6 Å². The second-order valence-electron chi connectivity index (χ2n) is 3.24. The third kappa shape index (κ3) is 2.49. The number of alkyl halides is 3. The molecule has 0 amide bonds. The van der Waals surface area contributed by atoms with E-state index in [9.17, 15) is 17.6 Å². The largest absolute Gasteiger partial charge is 0.435 e. The minimum Gasteiger partial charge on any atom is -0.237 e. The van der Waals surface area contributed by atoms with Gasteiger partial charge in [0.05, 0.1) is 0 Å². The molecular weight excluding hydrogens is 304 g/mol. The van der Waals surface area contributed by atoms with Crippen LogP contribution in [-0.4, -0.2) is 9.78 Å². The number of benzene rings is 1. The van der Waals surface area contributed by atoms with Gasteiger partial charge in [-0.25, -0.2) is 9.07 Å². The molecule has 0 aliphatic carbocycles. The van der Waals surface area contributed by atoms with E-state index in [1.54, 1.807) is 0 Å². The Labute approximate surface area is 102 Å². The lowest BCUT2D eigenvalue weighted by Crippen LogP contribution is -2.07. The zero-order chi connectivity index (χ0) is 12.6. The minimum absolute atomic E-state index is 0.0382. The Hall–Kier alpha value is -1.37. The van der Waals surface area contributed by atoms with Crippen molar-refractivity contribution in [2.75, 3.05) is 0 Å². The number of nitrogens with zero attached hydrogens (tertiary/aromatic N) is 2. The average Bonchev–Trinajstić information content (AvgIpc) is 2.65. The number of halogens is 5. The van der Waals surface area contributed by atoms with Gasteiger partial charge in [0, 0.05) is 10.7 Å². The molecular formula is C10H5BrF4N2. The fraction of sp³-hybridized carbons (Fsp3) is 0.100. The molecule has 0 unspecified atom stereocenters. The van der Waals surface area contributed by atoms with E-state index in [0.29, 0.717) is 4.47 Å². The predicted octanol–water partition coefficient (Wildman–Crippen LogP) is 3.79. The maximum absolute atomic E-state index is 13.5. The minimum atomic E-state index is -4.53. The molecule has 0 fully saturated rings. The zero-order valence-electron chi connectivity index (χ0n) is 8.17. The molecule has 0 atom stereocenters. The van der Waals surface area contributed by atoms with Gasteiger partial charge in [-0.1, -0.05) is 15.9 Å². The van der Waals surface area contributed by atoms with E-state index in [1.807, 2.05) is 0 Å². The van der Waals surface area contributed by atoms with Crippen molar-refractivity contribution >= 4 is 15.9 Å². The van der Waals surface area contributed by atoms with Crippen LogP contribution in [0.15, 0.2) is 34.9 Å². The highest BCUT2D eigenvalue weighted by molar-refractivity contribution is 9.10. The zero-order valence-corrected chi connectivity index (χ0v) is 9.76. The normalized spacial score (nSPS) is 11.8. The molecule has 0 saturated carbocycles. The van der Waals surface area contributed by atoms with Gasteiger partial charge in [-0.15, -0.1) is 0 Å². The van der Waals surface area contributed by atoms with Crippen molar-refractivity contribution in [3.63, 3.8) is 0 Å². The topological polar surface area (TPSA) is 17.8 Å². The van der Waals surface area contributed by atoms with E-state index in [-0.39, 0.29) is 5.69 Å². The Morgan fingerprint density at radius 1 is 1.18 bits per heavy atom. The quantitative estimate of drug-likeness (QED) is 0.733. The van der Waals surface area contributed by atoms with E-state index in [0.717, 1.165) is 23.0 Å². The lowest BCUT2D eigenvalue weighted by molar-refractivity contribution is -0.141. The standard InChI is InChI=1S/C10H5BrF4N2/c11-6-1-2-8(7(12)5-6)17-4-3-9(16-17)10(13,14)15/h1-5H. The monoisotopic (exact) mass is 308 g/mol. The van der Waals surface area contributed by atoms with Crippen LogP contribution in [0.2, 0.25) is 0 Å². The fourth-order valence-corrected chi connectivity index (χ4v) is 1.61. The molecule has 0 aliphatic heterocycles. The van der Waals surface area contributed by atoms with Crippen molar-refractivity contribution in [3.05, 3.63) is 46.4 Å². The van der Waals surface area contributed by atoms with Crippen LogP contribution < -0.4 is 0 Å². The molecule has 2 nitrogen and oxygen atoms in total. The molecule has 1 aromatic carbocycles. The molecule has 1 heterocycles. The number of hydrogen-bond acceptors (Lipinski definition) is 1. The first kappa shape index (κ1) is 12.1. The van der Waals surface area contributed by atoms with E-state index in [4.69, 9.17) is 0 Å². The van der Waals surface area contributed by atoms with Crippen LogP contribution in [0.25, 0.3) is 5.69 Å². The highest BCUT2D eigenvalue weighted by Crippen LogP contribution is 2.28. The van der Waals surface area contributed by atoms with Crippen LogP contribution in [0.4, 0.5) is 17.6 Å². The van der Waals surface area contributed by atoms with Gasteiger partial charge in [0.2, 0.25) is 0 Å². The summed E-state index contributed by atoms with van der Waals surface area (Å²) in [4.78, 5) is 0. The van der Waals surface area contributed by atoms with Gasteiger partial charge in [0.1, 0.15) is 11.5 Å². The summed E-state index contributed by atoms with van der Waals surface area (Å²) in [7, 11) is 0. The third-order valence-corrected chi connectivity index (χ3v) is 2.53. The van der Waals surface area contributed by atoms with E-state index in [1.165, 1.54) is 12.1 Å². The molecule has 90 valence electrons. The Kier molecular flexibility index (Phi) is 2.94. The van der Waals surface area contributed by atoms with Crippen molar-refractivity contribution in [1.82, 2.24) is 9.78 Å². The van der Waals surface area contributed by atoms with Crippen molar-refractivity contribution in [1.29, 1.82) is 0 Å². The van der Waals surface area contributed by atoms with Crippen LogP contribution in [-0.2, 0) is 6.18 Å². The molecule has 1 aromatic heterocycles. The molecule has 7 heteroatoms. The molecule has 0 bridgehead atoms. The highest BCUT2D eigenvalue weighted by Gasteiger charge is 2.33. The molecule has 0 spiro atoms. The molecule has 2 rings (SSSR count). The molecule has 0 N–H and O–H groups in total.